The van der Waals surface area contributed by atoms with Crippen molar-refractivity contribution >= 4 is 11.7 Å². The molecular formula is C20H20N4O2. The van der Waals surface area contributed by atoms with Crippen LogP contribution < -0.4 is 10.1 Å². The standard InChI is InChI=1S/C20H20N4O2/c1-12-6-4-5-7-17(12)24-20-19(13(2)23-24)16(9-18(25)22-20)14-8-15(26-3)11-21-10-14/h4-8,10-11,16H,9H2,1-3H3,(H,22,25). The lowest BCUT2D eigenvalue weighted by molar-refractivity contribution is -0.116. The summed E-state index contributed by atoms with van der Waals surface area (Å²) >= 11 is 0. The lowest BCUT2D eigenvalue weighted by atomic mass is 9.86. The second kappa shape index (κ2) is 6.29. The molecule has 1 N–H and O–H groups in total. The van der Waals surface area contributed by atoms with Gasteiger partial charge in [-0.05, 0) is 37.1 Å². The number of para-hydroxylation sites is 1. The van der Waals surface area contributed by atoms with Gasteiger partial charge in [0.25, 0.3) is 0 Å². The number of aryl methyl sites for hydroxylation is 2. The average Bonchev–Trinajstić information content (AvgIpc) is 2.98. The van der Waals surface area contributed by atoms with E-state index in [0.29, 0.717) is 12.2 Å². The highest BCUT2D eigenvalue weighted by Crippen LogP contribution is 2.40. The number of rotatable bonds is 3. The van der Waals surface area contributed by atoms with E-state index in [4.69, 9.17) is 9.84 Å². The third kappa shape index (κ3) is 2.63. The van der Waals surface area contributed by atoms with E-state index in [0.717, 1.165) is 33.9 Å². The SMILES string of the molecule is COc1cncc(C2CC(=O)Nc3c2c(C)nn3-c2ccccc2C)c1. The number of aromatic nitrogens is 3. The molecule has 3 heterocycles. The quantitative estimate of drug-likeness (QED) is 0.788. The number of carbonyl (C=O) groups is 1. The fraction of sp³-hybridized carbons (Fsp3) is 0.250. The lowest BCUT2D eigenvalue weighted by Gasteiger charge is -2.24. The van der Waals surface area contributed by atoms with Crippen LogP contribution in [-0.4, -0.2) is 27.8 Å². The summed E-state index contributed by atoms with van der Waals surface area (Å²) in [5.41, 5.74) is 4.94. The minimum atomic E-state index is -0.0980. The zero-order valence-electron chi connectivity index (χ0n) is 15.0. The van der Waals surface area contributed by atoms with E-state index in [9.17, 15) is 4.79 Å². The first kappa shape index (κ1) is 16.3. The third-order valence-corrected chi connectivity index (χ3v) is 4.82. The molecule has 1 aromatic carbocycles. The molecule has 0 fully saturated rings. The van der Waals surface area contributed by atoms with Crippen molar-refractivity contribution in [3.63, 3.8) is 0 Å². The molecule has 0 saturated heterocycles. The molecule has 1 aliphatic rings. The summed E-state index contributed by atoms with van der Waals surface area (Å²) in [7, 11) is 1.61. The van der Waals surface area contributed by atoms with Crippen LogP contribution in [0, 0.1) is 13.8 Å². The monoisotopic (exact) mass is 348 g/mol. The number of amides is 1. The molecule has 1 aliphatic heterocycles. The van der Waals surface area contributed by atoms with Crippen molar-refractivity contribution in [3.8, 4) is 11.4 Å². The highest BCUT2D eigenvalue weighted by Gasteiger charge is 2.33. The number of pyridine rings is 1. The normalized spacial score (nSPS) is 16.1. The summed E-state index contributed by atoms with van der Waals surface area (Å²) in [6.45, 7) is 4.01. The Labute approximate surface area is 151 Å². The van der Waals surface area contributed by atoms with Gasteiger partial charge in [-0.2, -0.15) is 5.10 Å². The van der Waals surface area contributed by atoms with Crippen LogP contribution in [0.1, 0.15) is 34.7 Å². The Kier molecular flexibility index (Phi) is 3.95. The van der Waals surface area contributed by atoms with Crippen molar-refractivity contribution in [2.24, 2.45) is 0 Å². The number of hydrogen-bond acceptors (Lipinski definition) is 4. The van der Waals surface area contributed by atoms with Crippen molar-refractivity contribution in [1.82, 2.24) is 14.8 Å². The molecule has 0 aliphatic carbocycles. The summed E-state index contributed by atoms with van der Waals surface area (Å²) in [6, 6.07) is 9.94. The summed E-state index contributed by atoms with van der Waals surface area (Å²) in [5.74, 6) is 1.29. The Bertz CT molecular complexity index is 993. The fourth-order valence-corrected chi connectivity index (χ4v) is 3.55. The Hall–Kier alpha value is -3.15. The molecule has 4 rings (SSSR count). The van der Waals surface area contributed by atoms with E-state index >= 15 is 0 Å². The molecule has 0 spiro atoms. The number of carbonyl (C=O) groups excluding carboxylic acids is 1. The van der Waals surface area contributed by atoms with Crippen LogP contribution >= 0.6 is 0 Å². The van der Waals surface area contributed by atoms with Crippen molar-refractivity contribution < 1.29 is 9.53 Å². The molecule has 1 unspecified atom stereocenters. The van der Waals surface area contributed by atoms with Crippen LogP contribution in [0.15, 0.2) is 42.7 Å². The smallest absolute Gasteiger partial charge is 0.226 e. The van der Waals surface area contributed by atoms with E-state index in [1.54, 1.807) is 19.5 Å². The largest absolute Gasteiger partial charge is 0.495 e. The minimum Gasteiger partial charge on any atom is -0.495 e. The Balaban J connectivity index is 1.89. The molecule has 26 heavy (non-hydrogen) atoms. The molecule has 132 valence electrons. The molecule has 6 nitrogen and oxygen atoms in total. The maximum absolute atomic E-state index is 12.4. The highest BCUT2D eigenvalue weighted by atomic mass is 16.5. The van der Waals surface area contributed by atoms with Crippen LogP contribution in [0.3, 0.4) is 0 Å². The van der Waals surface area contributed by atoms with E-state index in [1.165, 1.54) is 0 Å². The van der Waals surface area contributed by atoms with Gasteiger partial charge in [0.15, 0.2) is 0 Å². The van der Waals surface area contributed by atoms with Crippen molar-refractivity contribution in [2.75, 3.05) is 12.4 Å². The van der Waals surface area contributed by atoms with Crippen LogP contribution in [0.4, 0.5) is 5.82 Å². The Morgan fingerprint density at radius 2 is 2.04 bits per heavy atom. The van der Waals surface area contributed by atoms with Gasteiger partial charge >= 0.3 is 0 Å². The van der Waals surface area contributed by atoms with E-state index in [2.05, 4.69) is 10.3 Å². The van der Waals surface area contributed by atoms with Gasteiger partial charge in [-0.15, -0.1) is 0 Å². The Morgan fingerprint density at radius 1 is 1.23 bits per heavy atom. The van der Waals surface area contributed by atoms with Gasteiger partial charge in [-0.25, -0.2) is 4.68 Å². The fourth-order valence-electron chi connectivity index (χ4n) is 3.55. The molecule has 6 heteroatoms. The van der Waals surface area contributed by atoms with Crippen LogP contribution in [-0.2, 0) is 4.79 Å². The lowest BCUT2D eigenvalue weighted by Crippen LogP contribution is -2.25. The Morgan fingerprint density at radius 3 is 2.81 bits per heavy atom. The number of methoxy groups -OCH3 is 1. The van der Waals surface area contributed by atoms with Crippen molar-refractivity contribution in [3.05, 3.63) is 65.1 Å². The van der Waals surface area contributed by atoms with E-state index in [1.807, 2.05) is 48.9 Å². The molecule has 1 atom stereocenters. The van der Waals surface area contributed by atoms with Gasteiger partial charge in [0.05, 0.1) is 24.7 Å². The zero-order chi connectivity index (χ0) is 18.3. The predicted molar refractivity (Wildman–Crippen MR) is 98.9 cm³/mol. The van der Waals surface area contributed by atoms with Gasteiger partial charge in [-0.3, -0.25) is 9.78 Å². The summed E-state index contributed by atoms with van der Waals surface area (Å²) in [4.78, 5) is 16.7. The molecule has 0 radical (unpaired) electrons. The number of anilines is 1. The van der Waals surface area contributed by atoms with Crippen molar-refractivity contribution in [1.29, 1.82) is 0 Å². The summed E-state index contributed by atoms with van der Waals surface area (Å²) < 4.78 is 7.13. The summed E-state index contributed by atoms with van der Waals surface area (Å²) in [5, 5.41) is 7.74. The van der Waals surface area contributed by atoms with Gasteiger partial charge < -0.3 is 10.1 Å². The first-order chi connectivity index (χ1) is 12.6. The van der Waals surface area contributed by atoms with Crippen LogP contribution in [0.25, 0.3) is 5.69 Å². The average molecular weight is 348 g/mol. The highest BCUT2D eigenvalue weighted by molar-refractivity contribution is 5.95. The number of benzene rings is 1. The molecule has 0 saturated carbocycles. The molecular weight excluding hydrogens is 328 g/mol. The second-order valence-electron chi connectivity index (χ2n) is 6.51. The molecule has 1 amide bonds. The number of nitrogens with zero attached hydrogens (tertiary/aromatic N) is 3. The molecule has 2 aromatic heterocycles. The first-order valence-electron chi connectivity index (χ1n) is 8.52. The maximum Gasteiger partial charge on any atom is 0.226 e. The number of nitrogens with one attached hydrogen (secondary N) is 1. The second-order valence-corrected chi connectivity index (χ2v) is 6.51. The first-order valence-corrected chi connectivity index (χ1v) is 8.52. The number of ether oxygens (including phenoxy) is 1. The zero-order valence-corrected chi connectivity index (χ0v) is 15.0. The van der Waals surface area contributed by atoms with Gasteiger partial charge in [0, 0.05) is 24.1 Å². The van der Waals surface area contributed by atoms with Crippen molar-refractivity contribution in [2.45, 2.75) is 26.2 Å². The van der Waals surface area contributed by atoms with E-state index in [-0.39, 0.29) is 11.8 Å². The van der Waals surface area contributed by atoms with Crippen LogP contribution in [0.5, 0.6) is 5.75 Å². The maximum atomic E-state index is 12.4. The minimum absolute atomic E-state index is 0.0277. The third-order valence-electron chi connectivity index (χ3n) is 4.82. The predicted octanol–water partition coefficient (Wildman–Crippen LogP) is 3.37. The number of fused-ring (bicyclic) bond motifs is 1. The van der Waals surface area contributed by atoms with Gasteiger partial charge in [0.2, 0.25) is 5.91 Å². The van der Waals surface area contributed by atoms with Crippen LogP contribution in [0.2, 0.25) is 0 Å². The molecule has 3 aromatic rings. The van der Waals surface area contributed by atoms with Gasteiger partial charge in [-0.1, -0.05) is 18.2 Å². The topological polar surface area (TPSA) is 69.0 Å². The van der Waals surface area contributed by atoms with E-state index < -0.39 is 0 Å². The summed E-state index contributed by atoms with van der Waals surface area (Å²) in [6.07, 6.45) is 3.82. The molecule has 0 bridgehead atoms. The van der Waals surface area contributed by atoms with Gasteiger partial charge in [0.1, 0.15) is 11.6 Å². The number of hydrogen-bond donors (Lipinski definition) is 1.